The second-order valence-corrected chi connectivity index (χ2v) is 6.08. The van der Waals surface area contributed by atoms with E-state index in [1.165, 1.54) is 19.1 Å². The zero-order valence-electron chi connectivity index (χ0n) is 13.7. The van der Waals surface area contributed by atoms with Crippen LogP contribution < -0.4 is 5.73 Å². The van der Waals surface area contributed by atoms with Gasteiger partial charge >= 0.3 is 5.97 Å². The zero-order valence-corrected chi connectivity index (χ0v) is 13.7. The predicted molar refractivity (Wildman–Crippen MR) is 87.4 cm³/mol. The van der Waals surface area contributed by atoms with E-state index in [2.05, 4.69) is 6.92 Å². The number of rotatable bonds is 4. The minimum atomic E-state index is -0.968. The first-order chi connectivity index (χ1) is 11.3. The summed E-state index contributed by atoms with van der Waals surface area (Å²) in [6.45, 7) is 4.91. The fraction of sp³-hybridized carbons (Fsp3) is 0.500. The van der Waals surface area contributed by atoms with Crippen molar-refractivity contribution >= 4 is 23.3 Å². The van der Waals surface area contributed by atoms with Crippen LogP contribution in [0.3, 0.4) is 0 Å². The van der Waals surface area contributed by atoms with E-state index in [4.69, 9.17) is 10.5 Å². The number of carbonyl (C=O) groups is 2. The number of esters is 1. The second kappa shape index (κ2) is 7.29. The number of carbonyl (C=O) groups excluding carboxylic acids is 2. The molecule has 0 radical (unpaired) electrons. The van der Waals surface area contributed by atoms with Crippen LogP contribution in [0.1, 0.15) is 37.0 Å². The molecule has 1 amide bonds. The SMILES string of the molecule is CC1CCN(C(=O)[C@@H](C)OC(=O)c2cc([N+](=O)[O-])ccc2N)CC1. The molecule has 1 aliphatic heterocycles. The van der Waals surface area contributed by atoms with Crippen molar-refractivity contribution in [2.24, 2.45) is 5.92 Å². The fourth-order valence-corrected chi connectivity index (χ4v) is 2.60. The van der Waals surface area contributed by atoms with E-state index in [0.29, 0.717) is 19.0 Å². The van der Waals surface area contributed by atoms with Crippen molar-refractivity contribution in [3.63, 3.8) is 0 Å². The van der Waals surface area contributed by atoms with Gasteiger partial charge in [0, 0.05) is 30.9 Å². The molecule has 2 N–H and O–H groups in total. The summed E-state index contributed by atoms with van der Waals surface area (Å²) in [6, 6.07) is 3.53. The molecule has 1 aliphatic rings. The number of anilines is 1. The van der Waals surface area contributed by atoms with Gasteiger partial charge in [0.25, 0.3) is 11.6 Å². The number of nitrogen functional groups attached to an aromatic ring is 1. The molecule has 1 aromatic carbocycles. The van der Waals surface area contributed by atoms with Gasteiger partial charge in [-0.15, -0.1) is 0 Å². The molecule has 8 heteroatoms. The molecule has 1 aromatic rings. The number of non-ortho nitro benzene ring substituents is 1. The molecule has 1 atom stereocenters. The number of piperidine rings is 1. The highest BCUT2D eigenvalue weighted by Crippen LogP contribution is 2.22. The Morgan fingerprint density at radius 3 is 2.58 bits per heavy atom. The molecule has 0 bridgehead atoms. The monoisotopic (exact) mass is 335 g/mol. The number of benzene rings is 1. The van der Waals surface area contributed by atoms with Crippen molar-refractivity contribution in [3.8, 4) is 0 Å². The van der Waals surface area contributed by atoms with Crippen molar-refractivity contribution < 1.29 is 19.2 Å². The van der Waals surface area contributed by atoms with E-state index in [-0.39, 0.29) is 22.8 Å². The summed E-state index contributed by atoms with van der Waals surface area (Å²) < 4.78 is 5.16. The van der Waals surface area contributed by atoms with Crippen LogP contribution in [0.15, 0.2) is 18.2 Å². The first kappa shape index (κ1) is 17.7. The summed E-state index contributed by atoms with van der Waals surface area (Å²) in [6.07, 6.45) is 0.874. The Balaban J connectivity index is 2.04. The first-order valence-electron chi connectivity index (χ1n) is 7.83. The molecule has 24 heavy (non-hydrogen) atoms. The number of nitro benzene ring substituents is 1. The molecule has 0 aromatic heterocycles. The summed E-state index contributed by atoms with van der Waals surface area (Å²) in [5.41, 5.74) is 5.37. The predicted octanol–water partition coefficient (Wildman–Crippen LogP) is 1.98. The molecule has 0 aliphatic carbocycles. The molecule has 8 nitrogen and oxygen atoms in total. The van der Waals surface area contributed by atoms with Gasteiger partial charge in [0.15, 0.2) is 6.10 Å². The molecule has 130 valence electrons. The Labute approximate surface area is 139 Å². The van der Waals surface area contributed by atoms with Gasteiger partial charge in [0.05, 0.1) is 10.5 Å². The molecule has 0 unspecified atom stereocenters. The Hall–Kier alpha value is -2.64. The Morgan fingerprint density at radius 1 is 1.38 bits per heavy atom. The number of hydrogen-bond donors (Lipinski definition) is 1. The normalized spacial score (nSPS) is 16.5. The molecule has 1 heterocycles. The molecule has 1 saturated heterocycles. The maximum Gasteiger partial charge on any atom is 0.341 e. The number of amides is 1. The highest BCUT2D eigenvalue weighted by molar-refractivity contribution is 5.97. The Morgan fingerprint density at radius 2 is 2.00 bits per heavy atom. The second-order valence-electron chi connectivity index (χ2n) is 6.08. The van der Waals surface area contributed by atoms with Gasteiger partial charge in [0.1, 0.15) is 0 Å². The minimum Gasteiger partial charge on any atom is -0.449 e. The van der Waals surface area contributed by atoms with Crippen LogP contribution in [-0.2, 0) is 9.53 Å². The fourth-order valence-electron chi connectivity index (χ4n) is 2.60. The van der Waals surface area contributed by atoms with Crippen molar-refractivity contribution in [1.29, 1.82) is 0 Å². The van der Waals surface area contributed by atoms with Crippen molar-refractivity contribution in [2.45, 2.75) is 32.8 Å². The standard InChI is InChI=1S/C16H21N3O5/c1-10-5-7-18(8-6-10)15(20)11(2)24-16(21)13-9-12(19(22)23)3-4-14(13)17/h3-4,9-11H,5-8,17H2,1-2H3/t11-/m1/s1. The van der Waals surface area contributed by atoms with Gasteiger partial charge in [-0.2, -0.15) is 0 Å². The third-order valence-corrected chi connectivity index (χ3v) is 4.19. The van der Waals surface area contributed by atoms with Crippen molar-refractivity contribution in [1.82, 2.24) is 4.90 Å². The first-order valence-corrected chi connectivity index (χ1v) is 7.83. The number of hydrogen-bond acceptors (Lipinski definition) is 6. The lowest BCUT2D eigenvalue weighted by molar-refractivity contribution is -0.384. The largest absolute Gasteiger partial charge is 0.449 e. The van der Waals surface area contributed by atoms with Gasteiger partial charge in [-0.05, 0) is 31.7 Å². The molecule has 0 saturated carbocycles. The summed E-state index contributed by atoms with van der Waals surface area (Å²) in [7, 11) is 0. The molecule has 2 rings (SSSR count). The quantitative estimate of drug-likeness (QED) is 0.389. The van der Waals surface area contributed by atoms with Crippen LogP contribution in [-0.4, -0.2) is 40.9 Å². The van der Waals surface area contributed by atoms with Crippen molar-refractivity contribution in [2.75, 3.05) is 18.8 Å². The topological polar surface area (TPSA) is 116 Å². The molecule has 1 fully saturated rings. The number of nitrogens with two attached hydrogens (primary N) is 1. The van der Waals surface area contributed by atoms with Crippen LogP contribution in [0.2, 0.25) is 0 Å². The van der Waals surface area contributed by atoms with E-state index >= 15 is 0 Å². The smallest absolute Gasteiger partial charge is 0.341 e. The summed E-state index contributed by atoms with van der Waals surface area (Å²) in [5.74, 6) is -0.529. The molecular formula is C16H21N3O5. The number of nitrogens with zero attached hydrogens (tertiary/aromatic N) is 2. The van der Waals surface area contributed by atoms with E-state index < -0.39 is 17.0 Å². The van der Waals surface area contributed by atoms with E-state index in [9.17, 15) is 19.7 Å². The van der Waals surface area contributed by atoms with Gasteiger partial charge in [-0.3, -0.25) is 14.9 Å². The third kappa shape index (κ3) is 4.01. The number of nitro groups is 1. The molecule has 0 spiro atoms. The van der Waals surface area contributed by atoms with Gasteiger partial charge in [-0.25, -0.2) is 4.79 Å². The van der Waals surface area contributed by atoms with Crippen LogP contribution in [0.25, 0.3) is 0 Å². The maximum absolute atomic E-state index is 12.3. The van der Waals surface area contributed by atoms with Gasteiger partial charge in [-0.1, -0.05) is 6.92 Å². The highest BCUT2D eigenvalue weighted by atomic mass is 16.6. The summed E-state index contributed by atoms with van der Waals surface area (Å²) in [4.78, 5) is 36.4. The average Bonchev–Trinajstić information content (AvgIpc) is 2.54. The average molecular weight is 335 g/mol. The van der Waals surface area contributed by atoms with E-state index in [1.807, 2.05) is 0 Å². The number of ether oxygens (including phenoxy) is 1. The Bertz CT molecular complexity index is 653. The highest BCUT2D eigenvalue weighted by Gasteiger charge is 2.28. The lowest BCUT2D eigenvalue weighted by Crippen LogP contribution is -2.44. The van der Waals surface area contributed by atoms with Crippen molar-refractivity contribution in [3.05, 3.63) is 33.9 Å². The van der Waals surface area contributed by atoms with Gasteiger partial charge < -0.3 is 15.4 Å². The lowest BCUT2D eigenvalue weighted by atomic mass is 9.99. The van der Waals surface area contributed by atoms with Crippen LogP contribution in [0.5, 0.6) is 0 Å². The van der Waals surface area contributed by atoms with E-state index in [0.717, 1.165) is 18.9 Å². The zero-order chi connectivity index (χ0) is 17.9. The summed E-state index contributed by atoms with van der Waals surface area (Å²) in [5, 5.41) is 10.8. The number of likely N-dealkylation sites (tertiary alicyclic amines) is 1. The maximum atomic E-state index is 12.3. The van der Waals surface area contributed by atoms with Crippen LogP contribution in [0, 0.1) is 16.0 Å². The van der Waals surface area contributed by atoms with Crippen LogP contribution in [0.4, 0.5) is 11.4 Å². The lowest BCUT2D eigenvalue weighted by Gasteiger charge is -2.31. The third-order valence-electron chi connectivity index (χ3n) is 4.19. The Kier molecular flexibility index (Phi) is 5.38. The minimum absolute atomic E-state index is 0.0667. The van der Waals surface area contributed by atoms with Crippen LogP contribution >= 0.6 is 0 Å². The molecular weight excluding hydrogens is 314 g/mol. The van der Waals surface area contributed by atoms with E-state index in [1.54, 1.807) is 4.90 Å². The summed E-state index contributed by atoms with van der Waals surface area (Å²) >= 11 is 0. The van der Waals surface area contributed by atoms with Gasteiger partial charge in [0.2, 0.25) is 0 Å².